The van der Waals surface area contributed by atoms with E-state index in [1.165, 1.54) is 6.07 Å². The maximum Gasteiger partial charge on any atom is 0.309 e. The normalized spacial score (nSPS) is 22.4. The fourth-order valence-electron chi connectivity index (χ4n) is 2.51. The van der Waals surface area contributed by atoms with Gasteiger partial charge in [-0.05, 0) is 63.3 Å². The number of aliphatic carboxylic acids is 1. The lowest BCUT2D eigenvalue weighted by Gasteiger charge is -2.37. The molecule has 0 amide bonds. The van der Waals surface area contributed by atoms with E-state index in [4.69, 9.17) is 5.11 Å². The van der Waals surface area contributed by atoms with E-state index in [0.717, 1.165) is 18.4 Å². The Morgan fingerprint density at radius 1 is 1.45 bits per heavy atom. The van der Waals surface area contributed by atoms with Crippen LogP contribution in [0, 0.1) is 11.2 Å². The minimum atomic E-state index is -0.759. The average Bonchev–Trinajstić information content (AvgIpc) is 2.31. The highest BCUT2D eigenvalue weighted by molar-refractivity contribution is 5.73. The molecule has 2 rings (SSSR count). The average molecular weight is 279 g/mol. The summed E-state index contributed by atoms with van der Waals surface area (Å²) >= 11 is 0. The maximum absolute atomic E-state index is 13.1. The number of nitrogens with one attached hydrogen (secondary N) is 1. The Morgan fingerprint density at radius 2 is 2.15 bits per heavy atom. The van der Waals surface area contributed by atoms with Crippen molar-refractivity contribution in [1.29, 1.82) is 0 Å². The topological polar surface area (TPSA) is 49.3 Å². The molecular formula is C16H22FNO2. The smallest absolute Gasteiger partial charge is 0.309 e. The van der Waals surface area contributed by atoms with E-state index in [1.54, 1.807) is 26.0 Å². The zero-order chi connectivity index (χ0) is 14.8. The Kier molecular flexibility index (Phi) is 4.43. The van der Waals surface area contributed by atoms with Crippen LogP contribution in [0.25, 0.3) is 0 Å². The molecule has 0 atom stereocenters. The van der Waals surface area contributed by atoms with E-state index < -0.39 is 11.4 Å². The summed E-state index contributed by atoms with van der Waals surface area (Å²) in [4.78, 5) is 11.0. The molecule has 0 heterocycles. The number of carboxylic acid groups (broad SMARTS) is 1. The molecule has 20 heavy (non-hydrogen) atoms. The number of carbonyl (C=O) groups is 1. The summed E-state index contributed by atoms with van der Waals surface area (Å²) in [5.74, 6) is -0.511. The molecule has 1 aliphatic rings. The fourth-order valence-corrected chi connectivity index (χ4v) is 2.51. The van der Waals surface area contributed by atoms with Crippen LogP contribution in [0.15, 0.2) is 24.3 Å². The van der Waals surface area contributed by atoms with E-state index >= 15 is 0 Å². The zero-order valence-corrected chi connectivity index (χ0v) is 12.0. The third-order valence-corrected chi connectivity index (χ3v) is 4.22. The van der Waals surface area contributed by atoms with Crippen LogP contribution in [-0.2, 0) is 4.79 Å². The summed E-state index contributed by atoms with van der Waals surface area (Å²) in [7, 11) is 0. The van der Waals surface area contributed by atoms with Gasteiger partial charge >= 0.3 is 5.97 Å². The predicted octanol–water partition coefficient (Wildman–Crippen LogP) is 3.16. The van der Waals surface area contributed by atoms with Crippen LogP contribution in [-0.4, -0.2) is 23.7 Å². The molecule has 4 heteroatoms. The lowest BCUT2D eigenvalue weighted by molar-refractivity contribution is -0.147. The highest BCUT2D eigenvalue weighted by Gasteiger charge is 2.31. The van der Waals surface area contributed by atoms with Gasteiger partial charge in [-0.1, -0.05) is 12.1 Å². The number of rotatable bonds is 6. The van der Waals surface area contributed by atoms with Crippen molar-refractivity contribution in [3.63, 3.8) is 0 Å². The number of halogens is 1. The molecule has 1 aromatic carbocycles. The third-order valence-electron chi connectivity index (χ3n) is 4.22. The van der Waals surface area contributed by atoms with Crippen molar-refractivity contribution in [2.75, 3.05) is 6.54 Å². The van der Waals surface area contributed by atoms with E-state index in [0.29, 0.717) is 24.9 Å². The first-order valence-electron chi connectivity index (χ1n) is 7.11. The van der Waals surface area contributed by atoms with Crippen molar-refractivity contribution in [3.05, 3.63) is 35.6 Å². The molecule has 1 aliphatic carbocycles. The Labute approximate surface area is 119 Å². The minimum absolute atomic E-state index is 0.179. The molecule has 1 aromatic rings. The van der Waals surface area contributed by atoms with E-state index in [-0.39, 0.29) is 5.82 Å². The van der Waals surface area contributed by atoms with Crippen molar-refractivity contribution < 1.29 is 14.3 Å². The summed E-state index contributed by atoms with van der Waals surface area (Å²) in [5.41, 5.74) is 0.382. The van der Waals surface area contributed by atoms with Gasteiger partial charge in [-0.2, -0.15) is 0 Å². The number of benzene rings is 1. The van der Waals surface area contributed by atoms with Gasteiger partial charge in [0.1, 0.15) is 5.82 Å². The first-order valence-corrected chi connectivity index (χ1v) is 7.11. The minimum Gasteiger partial charge on any atom is -0.481 e. The lowest BCUT2D eigenvalue weighted by atomic mass is 9.75. The van der Waals surface area contributed by atoms with Gasteiger partial charge in [0.2, 0.25) is 0 Å². The Hall–Kier alpha value is -1.42. The monoisotopic (exact) mass is 279 g/mol. The molecule has 0 spiro atoms. The van der Waals surface area contributed by atoms with Gasteiger partial charge in [0.15, 0.2) is 0 Å². The van der Waals surface area contributed by atoms with E-state index in [1.807, 2.05) is 6.07 Å². The van der Waals surface area contributed by atoms with Gasteiger partial charge in [0.25, 0.3) is 0 Å². The third kappa shape index (κ3) is 3.57. The molecule has 2 N–H and O–H groups in total. The fraction of sp³-hybridized carbons (Fsp3) is 0.562. The Morgan fingerprint density at radius 3 is 2.75 bits per heavy atom. The van der Waals surface area contributed by atoms with Crippen LogP contribution in [0.3, 0.4) is 0 Å². The van der Waals surface area contributed by atoms with Crippen molar-refractivity contribution in [2.24, 2.45) is 5.41 Å². The van der Waals surface area contributed by atoms with Gasteiger partial charge in [-0.3, -0.25) is 4.79 Å². The Balaban J connectivity index is 1.71. The molecule has 1 saturated carbocycles. The molecule has 110 valence electrons. The second kappa shape index (κ2) is 5.92. The molecule has 3 nitrogen and oxygen atoms in total. The second-order valence-corrected chi connectivity index (χ2v) is 6.31. The molecule has 0 aliphatic heterocycles. The highest BCUT2D eigenvalue weighted by Crippen LogP contribution is 2.37. The quantitative estimate of drug-likeness (QED) is 0.841. The van der Waals surface area contributed by atoms with Gasteiger partial charge in [-0.25, -0.2) is 4.39 Å². The van der Waals surface area contributed by atoms with Crippen LogP contribution in [0.4, 0.5) is 4.39 Å². The largest absolute Gasteiger partial charge is 0.481 e. The number of carboxylic acids is 1. The highest BCUT2D eigenvalue weighted by atomic mass is 19.1. The van der Waals surface area contributed by atoms with Crippen LogP contribution >= 0.6 is 0 Å². The molecule has 0 unspecified atom stereocenters. The van der Waals surface area contributed by atoms with Crippen LogP contribution < -0.4 is 5.32 Å². The molecule has 0 bridgehead atoms. The SMILES string of the molecule is CC(C)(CCNC1CC(c2cccc(F)c2)C1)C(=O)O. The van der Waals surface area contributed by atoms with Gasteiger partial charge in [0.05, 0.1) is 5.41 Å². The molecule has 0 aromatic heterocycles. The lowest BCUT2D eigenvalue weighted by Crippen LogP contribution is -2.42. The molecule has 0 radical (unpaired) electrons. The van der Waals surface area contributed by atoms with E-state index in [2.05, 4.69) is 5.32 Å². The first-order chi connectivity index (χ1) is 9.38. The van der Waals surface area contributed by atoms with Gasteiger partial charge < -0.3 is 10.4 Å². The molecule has 0 saturated heterocycles. The molecular weight excluding hydrogens is 257 g/mol. The zero-order valence-electron chi connectivity index (χ0n) is 12.0. The summed E-state index contributed by atoms with van der Waals surface area (Å²) < 4.78 is 13.1. The molecule has 1 fully saturated rings. The van der Waals surface area contributed by atoms with Crippen molar-refractivity contribution >= 4 is 5.97 Å². The first kappa shape index (κ1) is 15.0. The van der Waals surface area contributed by atoms with Crippen LogP contribution in [0.1, 0.15) is 44.6 Å². The summed E-state index contributed by atoms with van der Waals surface area (Å²) in [6.45, 7) is 4.19. The van der Waals surface area contributed by atoms with Crippen molar-refractivity contribution in [1.82, 2.24) is 5.32 Å². The Bertz CT molecular complexity index is 481. The number of hydrogen-bond donors (Lipinski definition) is 2. The predicted molar refractivity (Wildman–Crippen MR) is 76.2 cm³/mol. The van der Waals surface area contributed by atoms with E-state index in [9.17, 15) is 9.18 Å². The van der Waals surface area contributed by atoms with Gasteiger partial charge in [0, 0.05) is 6.04 Å². The number of hydrogen-bond acceptors (Lipinski definition) is 2. The summed E-state index contributed by atoms with van der Waals surface area (Å²) in [6, 6.07) is 7.21. The van der Waals surface area contributed by atoms with Gasteiger partial charge in [-0.15, -0.1) is 0 Å². The second-order valence-electron chi connectivity index (χ2n) is 6.31. The summed E-state index contributed by atoms with van der Waals surface area (Å²) in [6.07, 6.45) is 2.61. The summed E-state index contributed by atoms with van der Waals surface area (Å²) in [5, 5.41) is 12.4. The van der Waals surface area contributed by atoms with Crippen molar-refractivity contribution in [3.8, 4) is 0 Å². The van der Waals surface area contributed by atoms with Crippen molar-refractivity contribution in [2.45, 2.75) is 45.1 Å². The van der Waals surface area contributed by atoms with Crippen LogP contribution in [0.2, 0.25) is 0 Å². The maximum atomic E-state index is 13.1. The van der Waals surface area contributed by atoms with Crippen LogP contribution in [0.5, 0.6) is 0 Å². The standard InChI is InChI=1S/C16H22FNO2/c1-16(2,15(19)20)6-7-18-14-9-12(10-14)11-4-3-5-13(17)8-11/h3-5,8,12,14,18H,6-7,9-10H2,1-2H3,(H,19,20).